The van der Waals surface area contributed by atoms with E-state index in [1.54, 1.807) is 48.5 Å². The molecule has 0 aromatic heterocycles. The van der Waals surface area contributed by atoms with Crippen molar-refractivity contribution in [2.45, 2.75) is 13.8 Å². The highest BCUT2D eigenvalue weighted by Gasteiger charge is 2.12. The molecule has 2 aromatic carbocycles. The van der Waals surface area contributed by atoms with Gasteiger partial charge >= 0.3 is 0 Å². The average molecular weight is 450 g/mol. The predicted molar refractivity (Wildman–Crippen MR) is 112 cm³/mol. The molecule has 0 radical (unpaired) electrons. The van der Waals surface area contributed by atoms with Gasteiger partial charge in [0.2, 0.25) is 0 Å². The van der Waals surface area contributed by atoms with Crippen LogP contribution in [0.15, 0.2) is 53.0 Å². The summed E-state index contributed by atoms with van der Waals surface area (Å²) < 4.78 is 6.22. The molecule has 0 aliphatic heterocycles. The molecule has 0 unspecified atom stereocenters. The Morgan fingerprint density at radius 3 is 2.33 bits per heavy atom. The fraction of sp³-hybridized carbons (Fsp3) is 0.211. The number of hydrazine groups is 1. The van der Waals surface area contributed by atoms with Gasteiger partial charge in [0.15, 0.2) is 5.11 Å². The van der Waals surface area contributed by atoms with Gasteiger partial charge in [0.05, 0.1) is 12.2 Å². The Bertz CT molecular complexity index is 825. The minimum absolute atomic E-state index is 0.0130. The first-order chi connectivity index (χ1) is 12.9. The van der Waals surface area contributed by atoms with Gasteiger partial charge in [-0.15, -0.1) is 0 Å². The van der Waals surface area contributed by atoms with E-state index in [0.717, 1.165) is 0 Å². The van der Waals surface area contributed by atoms with Crippen LogP contribution in [-0.2, 0) is 0 Å². The van der Waals surface area contributed by atoms with E-state index in [-0.39, 0.29) is 16.9 Å². The lowest BCUT2D eigenvalue weighted by Crippen LogP contribution is -2.48. The Balaban J connectivity index is 1.83. The molecule has 2 aromatic rings. The second kappa shape index (κ2) is 10.0. The van der Waals surface area contributed by atoms with Crippen LogP contribution in [0.4, 0.5) is 0 Å². The summed E-state index contributed by atoms with van der Waals surface area (Å²) in [5.74, 6) is 0.345. The molecule has 142 valence electrons. The van der Waals surface area contributed by atoms with Gasteiger partial charge in [-0.3, -0.25) is 25.8 Å². The summed E-state index contributed by atoms with van der Waals surface area (Å²) in [5.41, 5.74) is 5.82. The van der Waals surface area contributed by atoms with E-state index in [1.807, 2.05) is 0 Å². The van der Waals surface area contributed by atoms with Crippen molar-refractivity contribution >= 4 is 45.1 Å². The molecule has 0 fully saturated rings. The molecule has 0 heterocycles. The van der Waals surface area contributed by atoms with Crippen LogP contribution in [0, 0.1) is 5.92 Å². The molecule has 0 spiro atoms. The first-order valence-electron chi connectivity index (χ1n) is 8.26. The van der Waals surface area contributed by atoms with Gasteiger partial charge in [0.1, 0.15) is 5.75 Å². The van der Waals surface area contributed by atoms with Gasteiger partial charge in [-0.05, 0) is 70.5 Å². The lowest BCUT2D eigenvalue weighted by Gasteiger charge is -2.12. The zero-order chi connectivity index (χ0) is 19.8. The number of carbonyl (C=O) groups excluding carboxylic acids is 2. The predicted octanol–water partition coefficient (Wildman–Crippen LogP) is 3.43. The summed E-state index contributed by atoms with van der Waals surface area (Å²) in [6.07, 6.45) is 0. The number of thiocarbonyl (C=S) groups is 1. The van der Waals surface area contributed by atoms with Gasteiger partial charge < -0.3 is 4.74 Å². The molecule has 0 aliphatic carbocycles. The van der Waals surface area contributed by atoms with E-state index in [9.17, 15) is 9.59 Å². The van der Waals surface area contributed by atoms with Crippen molar-refractivity contribution < 1.29 is 14.3 Å². The maximum atomic E-state index is 12.1. The van der Waals surface area contributed by atoms with Gasteiger partial charge in [0.25, 0.3) is 11.8 Å². The Morgan fingerprint density at radius 1 is 1.04 bits per heavy atom. The molecular formula is C19H20BrN3O3S. The van der Waals surface area contributed by atoms with Crippen LogP contribution in [0.25, 0.3) is 0 Å². The number of benzene rings is 2. The lowest BCUT2D eigenvalue weighted by molar-refractivity contribution is 0.0934. The van der Waals surface area contributed by atoms with Gasteiger partial charge in [-0.2, -0.15) is 0 Å². The van der Waals surface area contributed by atoms with Crippen molar-refractivity contribution in [2.24, 2.45) is 5.92 Å². The van der Waals surface area contributed by atoms with Crippen LogP contribution in [-0.4, -0.2) is 23.5 Å². The Hall–Kier alpha value is -2.45. The summed E-state index contributed by atoms with van der Waals surface area (Å²) in [6, 6.07) is 13.7. The largest absolute Gasteiger partial charge is 0.493 e. The second-order valence-electron chi connectivity index (χ2n) is 6.07. The van der Waals surface area contributed by atoms with E-state index in [0.29, 0.717) is 33.9 Å². The number of carbonyl (C=O) groups is 2. The maximum absolute atomic E-state index is 12.1. The van der Waals surface area contributed by atoms with Crippen LogP contribution in [0.3, 0.4) is 0 Å². The summed E-state index contributed by atoms with van der Waals surface area (Å²) >= 11 is 8.33. The zero-order valence-electron chi connectivity index (χ0n) is 14.9. The van der Waals surface area contributed by atoms with E-state index >= 15 is 0 Å². The van der Waals surface area contributed by atoms with E-state index in [4.69, 9.17) is 17.0 Å². The molecular weight excluding hydrogens is 430 g/mol. The minimum atomic E-state index is -0.388. The zero-order valence-corrected chi connectivity index (χ0v) is 17.3. The minimum Gasteiger partial charge on any atom is -0.493 e. The highest BCUT2D eigenvalue weighted by molar-refractivity contribution is 9.10. The number of nitrogens with one attached hydrogen (secondary N) is 3. The standard InChI is InChI=1S/C19H20BrN3O3S/c1-12(2)11-26-14-9-7-13(8-10-14)17(24)22-23-19(27)21-18(25)15-5-3-4-6-16(15)20/h3-10,12H,11H2,1-2H3,(H,22,24)(H2,21,23,25,27). The van der Waals surface area contributed by atoms with Crippen LogP contribution in [0.1, 0.15) is 34.6 Å². The van der Waals surface area contributed by atoms with Crippen molar-refractivity contribution in [3.63, 3.8) is 0 Å². The number of hydrogen-bond acceptors (Lipinski definition) is 4. The van der Waals surface area contributed by atoms with Crippen molar-refractivity contribution in [1.29, 1.82) is 0 Å². The molecule has 0 saturated heterocycles. The third-order valence-corrected chi connectivity index (χ3v) is 4.23. The second-order valence-corrected chi connectivity index (χ2v) is 7.33. The fourth-order valence-electron chi connectivity index (χ4n) is 2.00. The quantitative estimate of drug-likeness (QED) is 0.481. The maximum Gasteiger partial charge on any atom is 0.269 e. The molecule has 0 saturated carbocycles. The van der Waals surface area contributed by atoms with E-state index in [2.05, 4.69) is 45.9 Å². The molecule has 0 atom stereocenters. The molecule has 0 aliphatic rings. The molecule has 3 N–H and O–H groups in total. The van der Waals surface area contributed by atoms with Gasteiger partial charge in [0, 0.05) is 10.0 Å². The van der Waals surface area contributed by atoms with Crippen LogP contribution < -0.4 is 20.9 Å². The SMILES string of the molecule is CC(C)COc1ccc(C(=O)NNC(=S)NC(=O)c2ccccc2Br)cc1. The Morgan fingerprint density at radius 2 is 1.70 bits per heavy atom. The monoisotopic (exact) mass is 449 g/mol. The molecule has 2 rings (SSSR count). The highest BCUT2D eigenvalue weighted by atomic mass is 79.9. The summed E-state index contributed by atoms with van der Waals surface area (Å²) in [5, 5.41) is 2.48. The van der Waals surface area contributed by atoms with E-state index in [1.165, 1.54) is 0 Å². The Kier molecular flexibility index (Phi) is 7.75. The molecule has 2 amide bonds. The van der Waals surface area contributed by atoms with Crippen LogP contribution in [0.5, 0.6) is 5.75 Å². The van der Waals surface area contributed by atoms with Crippen molar-refractivity contribution in [3.05, 3.63) is 64.1 Å². The molecule has 8 heteroatoms. The smallest absolute Gasteiger partial charge is 0.269 e. The molecule has 27 heavy (non-hydrogen) atoms. The van der Waals surface area contributed by atoms with Gasteiger partial charge in [-0.25, -0.2) is 0 Å². The van der Waals surface area contributed by atoms with Gasteiger partial charge in [-0.1, -0.05) is 26.0 Å². The number of amides is 2. The summed E-state index contributed by atoms with van der Waals surface area (Å²) in [4.78, 5) is 24.3. The van der Waals surface area contributed by atoms with Crippen LogP contribution in [0.2, 0.25) is 0 Å². The third-order valence-electron chi connectivity index (χ3n) is 3.33. The van der Waals surface area contributed by atoms with E-state index < -0.39 is 0 Å². The normalized spacial score (nSPS) is 10.2. The summed E-state index contributed by atoms with van der Waals surface area (Å²) in [7, 11) is 0. The number of hydrogen-bond donors (Lipinski definition) is 3. The Labute approximate surface area is 171 Å². The third kappa shape index (κ3) is 6.65. The molecule has 6 nitrogen and oxygen atoms in total. The number of halogens is 1. The first kappa shape index (κ1) is 20.9. The van der Waals surface area contributed by atoms with Crippen LogP contribution >= 0.6 is 28.1 Å². The fourth-order valence-corrected chi connectivity index (χ4v) is 2.61. The topological polar surface area (TPSA) is 79.5 Å². The number of ether oxygens (including phenoxy) is 1. The van der Waals surface area contributed by atoms with Crippen molar-refractivity contribution in [2.75, 3.05) is 6.61 Å². The first-order valence-corrected chi connectivity index (χ1v) is 9.46. The summed E-state index contributed by atoms with van der Waals surface area (Å²) in [6.45, 7) is 4.73. The molecule has 0 bridgehead atoms. The van der Waals surface area contributed by atoms with Crippen molar-refractivity contribution in [3.8, 4) is 5.75 Å². The average Bonchev–Trinajstić information content (AvgIpc) is 2.65. The van der Waals surface area contributed by atoms with Crippen molar-refractivity contribution in [1.82, 2.24) is 16.2 Å². The lowest BCUT2D eigenvalue weighted by atomic mass is 10.2. The number of rotatable bonds is 5. The highest BCUT2D eigenvalue weighted by Crippen LogP contribution is 2.15.